The van der Waals surface area contributed by atoms with Crippen molar-refractivity contribution in [1.82, 2.24) is 0 Å². The highest BCUT2D eigenvalue weighted by molar-refractivity contribution is 5.99. The lowest BCUT2D eigenvalue weighted by atomic mass is 10.1. The smallest absolute Gasteiger partial charge is 0.338 e. The van der Waals surface area contributed by atoms with Crippen molar-refractivity contribution in [2.45, 2.75) is 38.9 Å². The first-order chi connectivity index (χ1) is 17.4. The molecule has 8 heteroatoms. The highest BCUT2D eigenvalue weighted by Gasteiger charge is 2.24. The molecule has 3 rings (SSSR count). The van der Waals surface area contributed by atoms with Crippen molar-refractivity contribution in [2.24, 2.45) is 0 Å². The third-order valence-corrected chi connectivity index (χ3v) is 5.26. The molecule has 2 atom stereocenters. The molecule has 0 aliphatic rings. The number of nitrogens with one attached hydrogen (secondary N) is 2. The van der Waals surface area contributed by atoms with Gasteiger partial charge in [-0.05, 0) is 61.4 Å². The van der Waals surface area contributed by atoms with Crippen molar-refractivity contribution in [2.75, 3.05) is 10.6 Å². The molecule has 36 heavy (non-hydrogen) atoms. The highest BCUT2D eigenvalue weighted by atomic mass is 16.6. The standard InChI is InChI=1S/C28H28N2O6/c1-3-23(25(31)29-21-11-7-5-8-12-21)35-27(33)19-15-17-20(18-16-19)28(34)36-24(4-2)26(32)30-22-13-9-6-10-14-22/h5-18,23-24H,3-4H2,1-2H3,(H,29,31)(H,30,32). The summed E-state index contributed by atoms with van der Waals surface area (Å²) in [6.07, 6.45) is -1.37. The largest absolute Gasteiger partial charge is 0.449 e. The van der Waals surface area contributed by atoms with Crippen LogP contribution in [0.25, 0.3) is 0 Å². The van der Waals surface area contributed by atoms with E-state index in [4.69, 9.17) is 9.47 Å². The van der Waals surface area contributed by atoms with Crippen molar-refractivity contribution >= 4 is 35.1 Å². The van der Waals surface area contributed by atoms with Crippen LogP contribution in [0, 0.1) is 0 Å². The summed E-state index contributed by atoms with van der Waals surface area (Å²) in [5, 5.41) is 5.42. The molecule has 2 unspecified atom stereocenters. The molecule has 0 aromatic heterocycles. The van der Waals surface area contributed by atoms with Crippen LogP contribution < -0.4 is 10.6 Å². The van der Waals surface area contributed by atoms with E-state index in [2.05, 4.69) is 10.6 Å². The summed E-state index contributed by atoms with van der Waals surface area (Å²) in [5.74, 6) is -2.26. The Labute approximate surface area is 209 Å². The lowest BCUT2D eigenvalue weighted by molar-refractivity contribution is -0.125. The molecular weight excluding hydrogens is 460 g/mol. The lowest BCUT2D eigenvalue weighted by Gasteiger charge is -2.17. The Morgan fingerprint density at radius 1 is 0.583 bits per heavy atom. The van der Waals surface area contributed by atoms with E-state index in [1.54, 1.807) is 62.4 Å². The third-order valence-electron chi connectivity index (χ3n) is 5.26. The van der Waals surface area contributed by atoms with Gasteiger partial charge in [-0.15, -0.1) is 0 Å². The van der Waals surface area contributed by atoms with Gasteiger partial charge in [-0.1, -0.05) is 50.2 Å². The summed E-state index contributed by atoms with van der Waals surface area (Å²) in [5.41, 5.74) is 1.54. The van der Waals surface area contributed by atoms with Crippen LogP contribution in [0.3, 0.4) is 0 Å². The molecule has 0 radical (unpaired) electrons. The SMILES string of the molecule is CCC(OC(=O)c1ccc(C(=O)OC(CC)C(=O)Nc2ccccc2)cc1)C(=O)Nc1ccccc1. The Morgan fingerprint density at radius 3 is 1.22 bits per heavy atom. The number of carbonyl (C=O) groups is 4. The second-order valence-corrected chi connectivity index (χ2v) is 7.89. The van der Waals surface area contributed by atoms with E-state index < -0.39 is 36.0 Å². The zero-order valence-electron chi connectivity index (χ0n) is 20.1. The fraction of sp³-hybridized carbons (Fsp3) is 0.214. The van der Waals surface area contributed by atoms with E-state index in [0.717, 1.165) is 0 Å². The van der Waals surface area contributed by atoms with Gasteiger partial charge in [-0.25, -0.2) is 9.59 Å². The predicted molar refractivity (Wildman–Crippen MR) is 136 cm³/mol. The molecule has 0 saturated carbocycles. The molecule has 0 saturated heterocycles. The molecule has 0 spiro atoms. The van der Waals surface area contributed by atoms with E-state index in [1.165, 1.54) is 24.3 Å². The van der Waals surface area contributed by atoms with Gasteiger partial charge in [0.15, 0.2) is 12.2 Å². The van der Waals surface area contributed by atoms with E-state index in [1.807, 2.05) is 12.1 Å². The van der Waals surface area contributed by atoms with Gasteiger partial charge in [0.05, 0.1) is 11.1 Å². The summed E-state index contributed by atoms with van der Waals surface area (Å²) >= 11 is 0. The molecular formula is C28H28N2O6. The molecule has 0 aliphatic heterocycles. The van der Waals surface area contributed by atoms with Gasteiger partial charge in [-0.2, -0.15) is 0 Å². The fourth-order valence-electron chi connectivity index (χ4n) is 3.27. The molecule has 8 nitrogen and oxygen atoms in total. The molecule has 0 heterocycles. The molecule has 186 valence electrons. The minimum Gasteiger partial charge on any atom is -0.449 e. The molecule has 2 amide bonds. The number of carbonyl (C=O) groups excluding carboxylic acids is 4. The average molecular weight is 489 g/mol. The summed E-state index contributed by atoms with van der Waals surface area (Å²) in [6.45, 7) is 3.47. The van der Waals surface area contributed by atoms with Crippen molar-refractivity contribution in [1.29, 1.82) is 0 Å². The van der Waals surface area contributed by atoms with Crippen LogP contribution in [-0.4, -0.2) is 36.0 Å². The predicted octanol–water partition coefficient (Wildman–Crippen LogP) is 4.83. The lowest BCUT2D eigenvalue weighted by Crippen LogP contribution is -2.32. The van der Waals surface area contributed by atoms with Gasteiger partial charge in [0.2, 0.25) is 0 Å². The van der Waals surface area contributed by atoms with Crippen LogP contribution in [0.15, 0.2) is 84.9 Å². The van der Waals surface area contributed by atoms with Crippen LogP contribution >= 0.6 is 0 Å². The van der Waals surface area contributed by atoms with E-state index in [-0.39, 0.29) is 24.0 Å². The molecule has 0 fully saturated rings. The van der Waals surface area contributed by atoms with Gasteiger partial charge in [0, 0.05) is 11.4 Å². The monoisotopic (exact) mass is 488 g/mol. The summed E-state index contributed by atoms with van der Waals surface area (Å²) < 4.78 is 10.7. The number of rotatable bonds is 10. The third kappa shape index (κ3) is 7.27. The second-order valence-electron chi connectivity index (χ2n) is 7.89. The molecule has 0 aliphatic carbocycles. The number of hydrogen-bond donors (Lipinski definition) is 2. The van der Waals surface area contributed by atoms with Crippen LogP contribution in [-0.2, 0) is 19.1 Å². The van der Waals surface area contributed by atoms with E-state index in [0.29, 0.717) is 11.4 Å². The van der Waals surface area contributed by atoms with Crippen molar-refractivity contribution < 1.29 is 28.7 Å². The topological polar surface area (TPSA) is 111 Å². The summed E-state index contributed by atoms with van der Waals surface area (Å²) in [4.78, 5) is 50.1. The fourth-order valence-corrected chi connectivity index (χ4v) is 3.27. The van der Waals surface area contributed by atoms with Crippen LogP contribution in [0.1, 0.15) is 47.4 Å². The summed E-state index contributed by atoms with van der Waals surface area (Å²) in [6, 6.07) is 23.4. The van der Waals surface area contributed by atoms with Gasteiger partial charge < -0.3 is 20.1 Å². The van der Waals surface area contributed by atoms with Crippen LogP contribution in [0.4, 0.5) is 11.4 Å². The second kappa shape index (κ2) is 12.9. The Balaban J connectivity index is 1.57. The van der Waals surface area contributed by atoms with E-state index in [9.17, 15) is 19.2 Å². The first-order valence-corrected chi connectivity index (χ1v) is 11.6. The van der Waals surface area contributed by atoms with Crippen LogP contribution in [0.2, 0.25) is 0 Å². The quantitative estimate of drug-likeness (QED) is 0.395. The Kier molecular flexibility index (Phi) is 9.33. The minimum absolute atomic E-state index is 0.173. The number of amides is 2. The highest BCUT2D eigenvalue weighted by Crippen LogP contribution is 2.14. The normalized spacial score (nSPS) is 12.1. The maximum Gasteiger partial charge on any atom is 0.338 e. The first-order valence-electron chi connectivity index (χ1n) is 11.6. The van der Waals surface area contributed by atoms with Crippen LogP contribution in [0.5, 0.6) is 0 Å². The zero-order valence-corrected chi connectivity index (χ0v) is 20.1. The molecule has 0 bridgehead atoms. The molecule has 2 N–H and O–H groups in total. The van der Waals surface area contributed by atoms with Gasteiger partial charge in [-0.3, -0.25) is 9.59 Å². The number of esters is 2. The van der Waals surface area contributed by atoms with E-state index >= 15 is 0 Å². The maximum absolute atomic E-state index is 12.6. The number of benzene rings is 3. The van der Waals surface area contributed by atoms with Crippen molar-refractivity contribution in [3.63, 3.8) is 0 Å². The first kappa shape index (κ1) is 26.2. The average Bonchev–Trinajstić information content (AvgIpc) is 2.91. The van der Waals surface area contributed by atoms with Gasteiger partial charge >= 0.3 is 11.9 Å². The Bertz CT molecular complexity index is 1090. The van der Waals surface area contributed by atoms with Crippen molar-refractivity contribution in [3.8, 4) is 0 Å². The molecule has 3 aromatic rings. The Hall–Kier alpha value is -4.46. The minimum atomic E-state index is -0.976. The number of hydrogen-bond acceptors (Lipinski definition) is 6. The Morgan fingerprint density at radius 2 is 0.917 bits per heavy atom. The zero-order chi connectivity index (χ0) is 25.9. The van der Waals surface area contributed by atoms with Gasteiger partial charge in [0.1, 0.15) is 0 Å². The number of para-hydroxylation sites is 2. The number of ether oxygens (including phenoxy) is 2. The van der Waals surface area contributed by atoms with Crippen molar-refractivity contribution in [3.05, 3.63) is 96.1 Å². The number of anilines is 2. The van der Waals surface area contributed by atoms with Gasteiger partial charge in [0.25, 0.3) is 11.8 Å². The maximum atomic E-state index is 12.6. The molecule has 3 aromatic carbocycles. The summed E-state index contributed by atoms with van der Waals surface area (Å²) in [7, 11) is 0.